The molecule has 1 aliphatic carbocycles. The molecule has 1 saturated carbocycles. The van der Waals surface area contributed by atoms with Gasteiger partial charge in [0.05, 0.1) is 0 Å². The fourth-order valence-corrected chi connectivity index (χ4v) is 1.54. The van der Waals surface area contributed by atoms with E-state index in [0.29, 0.717) is 5.69 Å². The van der Waals surface area contributed by atoms with Crippen LogP contribution in [0.1, 0.15) is 36.7 Å². The van der Waals surface area contributed by atoms with Crippen LogP contribution in [0.5, 0.6) is 0 Å². The molecule has 0 aliphatic heterocycles. The largest absolute Gasteiger partial charge is 0.364 e. The molecule has 0 aromatic carbocycles. The summed E-state index contributed by atoms with van der Waals surface area (Å²) in [5.41, 5.74) is 0.354. The van der Waals surface area contributed by atoms with E-state index in [9.17, 15) is 4.79 Å². The third kappa shape index (κ3) is 2.34. The van der Waals surface area contributed by atoms with Gasteiger partial charge in [0.1, 0.15) is 6.26 Å². The van der Waals surface area contributed by atoms with Crippen molar-refractivity contribution in [2.75, 3.05) is 0 Å². The number of nitrogens with one attached hydrogen (secondary N) is 1. The summed E-state index contributed by atoms with van der Waals surface area (Å²) >= 11 is 0. The summed E-state index contributed by atoms with van der Waals surface area (Å²) in [6.45, 7) is 2.02. The predicted octanol–water partition coefficient (Wildman–Crippen LogP) is 1.59. The van der Waals surface area contributed by atoms with Gasteiger partial charge in [-0.1, -0.05) is 18.0 Å². The highest BCUT2D eigenvalue weighted by Crippen LogP contribution is 2.33. The Morgan fingerprint density at radius 3 is 3.14 bits per heavy atom. The van der Waals surface area contributed by atoms with E-state index in [1.54, 1.807) is 6.07 Å². The van der Waals surface area contributed by atoms with Crippen molar-refractivity contribution in [1.29, 1.82) is 0 Å². The van der Waals surface area contributed by atoms with E-state index in [2.05, 4.69) is 15.0 Å². The fraction of sp³-hybridized carbons (Fsp3) is 0.600. The first-order chi connectivity index (χ1) is 6.75. The van der Waals surface area contributed by atoms with Crippen LogP contribution in [-0.4, -0.2) is 17.1 Å². The minimum Gasteiger partial charge on any atom is -0.364 e. The molecule has 1 aromatic rings. The lowest BCUT2D eigenvalue weighted by atomic mass is 10.1. The van der Waals surface area contributed by atoms with E-state index in [1.165, 1.54) is 19.1 Å². The maximum atomic E-state index is 11.5. The predicted molar refractivity (Wildman–Crippen MR) is 50.8 cm³/mol. The van der Waals surface area contributed by atoms with Gasteiger partial charge in [-0.3, -0.25) is 4.79 Å². The van der Waals surface area contributed by atoms with Gasteiger partial charge in [-0.25, -0.2) is 0 Å². The molecule has 14 heavy (non-hydrogen) atoms. The molecule has 1 unspecified atom stereocenters. The summed E-state index contributed by atoms with van der Waals surface area (Å²) < 4.78 is 4.60. The van der Waals surface area contributed by atoms with E-state index < -0.39 is 0 Å². The molecule has 0 saturated heterocycles. The van der Waals surface area contributed by atoms with Crippen LogP contribution in [0.15, 0.2) is 16.9 Å². The number of hydrogen-bond donors (Lipinski definition) is 1. The van der Waals surface area contributed by atoms with Crippen LogP contribution in [0, 0.1) is 5.92 Å². The number of carbonyl (C=O) groups is 1. The van der Waals surface area contributed by atoms with Crippen molar-refractivity contribution in [2.45, 2.75) is 32.2 Å². The Morgan fingerprint density at radius 2 is 2.57 bits per heavy atom. The molecule has 76 valence electrons. The van der Waals surface area contributed by atoms with Gasteiger partial charge < -0.3 is 9.84 Å². The second kappa shape index (κ2) is 3.82. The SMILES string of the molecule is CC(CC1CC1)NC(=O)c1ccon1. The maximum Gasteiger partial charge on any atom is 0.273 e. The lowest BCUT2D eigenvalue weighted by Crippen LogP contribution is -2.33. The van der Waals surface area contributed by atoms with Gasteiger partial charge in [-0.15, -0.1) is 0 Å². The molecular formula is C10H14N2O2. The second-order valence-electron chi connectivity index (χ2n) is 3.94. The summed E-state index contributed by atoms with van der Waals surface area (Å²) in [6, 6.07) is 1.80. The molecule has 0 spiro atoms. The lowest BCUT2D eigenvalue weighted by Gasteiger charge is -2.11. The van der Waals surface area contributed by atoms with Crippen molar-refractivity contribution in [3.63, 3.8) is 0 Å². The van der Waals surface area contributed by atoms with Gasteiger partial charge in [-0.05, 0) is 19.3 Å². The first kappa shape index (κ1) is 9.24. The first-order valence-electron chi connectivity index (χ1n) is 4.97. The molecule has 0 bridgehead atoms. The van der Waals surface area contributed by atoms with Crippen LogP contribution in [-0.2, 0) is 0 Å². The molecule has 1 atom stereocenters. The van der Waals surface area contributed by atoms with Gasteiger partial charge in [0.15, 0.2) is 5.69 Å². The molecule has 4 nitrogen and oxygen atoms in total. The fourth-order valence-electron chi connectivity index (χ4n) is 1.54. The standard InChI is InChI=1S/C10H14N2O2/c1-7(6-8-2-3-8)11-10(13)9-4-5-14-12-9/h4-5,7-8H,2-3,6H2,1H3,(H,11,13). The first-order valence-corrected chi connectivity index (χ1v) is 4.97. The smallest absolute Gasteiger partial charge is 0.273 e. The zero-order valence-electron chi connectivity index (χ0n) is 8.19. The minimum absolute atomic E-state index is 0.146. The molecule has 1 aliphatic rings. The van der Waals surface area contributed by atoms with Gasteiger partial charge in [0.2, 0.25) is 0 Å². The Bertz CT molecular complexity index is 304. The average Bonchev–Trinajstić information content (AvgIpc) is 2.80. The number of hydrogen-bond acceptors (Lipinski definition) is 3. The Hall–Kier alpha value is -1.32. The third-order valence-electron chi connectivity index (χ3n) is 2.43. The quantitative estimate of drug-likeness (QED) is 0.791. The molecule has 2 rings (SSSR count). The number of nitrogens with zero attached hydrogens (tertiary/aromatic N) is 1. The van der Waals surface area contributed by atoms with Crippen LogP contribution in [0.25, 0.3) is 0 Å². The van der Waals surface area contributed by atoms with E-state index in [4.69, 9.17) is 0 Å². The van der Waals surface area contributed by atoms with Gasteiger partial charge in [0.25, 0.3) is 5.91 Å². The van der Waals surface area contributed by atoms with E-state index in [-0.39, 0.29) is 11.9 Å². The number of carbonyl (C=O) groups excluding carboxylic acids is 1. The van der Waals surface area contributed by atoms with E-state index in [1.807, 2.05) is 6.92 Å². The van der Waals surface area contributed by atoms with Crippen molar-refractivity contribution in [1.82, 2.24) is 10.5 Å². The molecule has 1 fully saturated rings. The summed E-state index contributed by atoms with van der Waals surface area (Å²) in [7, 11) is 0. The van der Waals surface area contributed by atoms with Crippen LogP contribution < -0.4 is 5.32 Å². The van der Waals surface area contributed by atoms with Crippen LogP contribution >= 0.6 is 0 Å². The van der Waals surface area contributed by atoms with Crippen LogP contribution in [0.4, 0.5) is 0 Å². The van der Waals surface area contributed by atoms with Gasteiger partial charge in [0, 0.05) is 12.1 Å². The number of rotatable bonds is 4. The Balaban J connectivity index is 1.81. The van der Waals surface area contributed by atoms with E-state index >= 15 is 0 Å². The summed E-state index contributed by atoms with van der Waals surface area (Å²) in [5.74, 6) is 0.675. The molecule has 1 amide bonds. The summed E-state index contributed by atoms with van der Waals surface area (Å²) in [4.78, 5) is 11.5. The van der Waals surface area contributed by atoms with Crippen LogP contribution in [0.3, 0.4) is 0 Å². The number of aromatic nitrogens is 1. The molecule has 1 N–H and O–H groups in total. The summed E-state index contributed by atoms with van der Waals surface area (Å²) in [5, 5.41) is 6.47. The Kier molecular flexibility index (Phi) is 2.52. The number of amides is 1. The molecule has 1 aromatic heterocycles. The van der Waals surface area contributed by atoms with Crippen molar-refractivity contribution in [2.24, 2.45) is 5.92 Å². The second-order valence-corrected chi connectivity index (χ2v) is 3.94. The Labute approximate surface area is 82.7 Å². The highest BCUT2D eigenvalue weighted by Gasteiger charge is 2.24. The summed E-state index contributed by atoms with van der Waals surface area (Å²) in [6.07, 6.45) is 5.10. The maximum absolute atomic E-state index is 11.5. The monoisotopic (exact) mass is 194 g/mol. The molecule has 0 radical (unpaired) electrons. The minimum atomic E-state index is -0.146. The average molecular weight is 194 g/mol. The highest BCUT2D eigenvalue weighted by molar-refractivity contribution is 5.92. The van der Waals surface area contributed by atoms with Gasteiger partial charge >= 0.3 is 0 Å². The normalized spacial score (nSPS) is 17.8. The van der Waals surface area contributed by atoms with E-state index in [0.717, 1.165) is 12.3 Å². The van der Waals surface area contributed by atoms with Crippen LogP contribution in [0.2, 0.25) is 0 Å². The van der Waals surface area contributed by atoms with Gasteiger partial charge in [-0.2, -0.15) is 0 Å². The topological polar surface area (TPSA) is 55.1 Å². The highest BCUT2D eigenvalue weighted by atomic mass is 16.5. The zero-order valence-corrected chi connectivity index (χ0v) is 8.19. The van der Waals surface area contributed by atoms with Crippen molar-refractivity contribution in [3.05, 3.63) is 18.0 Å². The van der Waals surface area contributed by atoms with Crippen molar-refractivity contribution in [3.8, 4) is 0 Å². The Morgan fingerprint density at radius 1 is 1.79 bits per heavy atom. The third-order valence-corrected chi connectivity index (χ3v) is 2.43. The van der Waals surface area contributed by atoms with Crippen molar-refractivity contribution < 1.29 is 9.32 Å². The molecular weight excluding hydrogens is 180 g/mol. The lowest BCUT2D eigenvalue weighted by molar-refractivity contribution is 0.0928. The zero-order chi connectivity index (χ0) is 9.97. The molecule has 1 heterocycles. The molecule has 4 heteroatoms. The van der Waals surface area contributed by atoms with Crippen molar-refractivity contribution >= 4 is 5.91 Å².